The third-order valence-electron chi connectivity index (χ3n) is 1.83. The molecule has 0 atom stereocenters. The summed E-state index contributed by atoms with van der Waals surface area (Å²) >= 11 is 0. The Balaban J connectivity index is 2.74. The Morgan fingerprint density at radius 1 is 1.31 bits per heavy atom. The average Bonchev–Trinajstić information content (AvgIpc) is 2.18. The van der Waals surface area contributed by atoms with E-state index >= 15 is 0 Å². The lowest BCUT2D eigenvalue weighted by Gasteiger charge is -2.01. The SMILES string of the molecule is COc1cnc2ccnc(C)c2n1. The van der Waals surface area contributed by atoms with Gasteiger partial charge in [0.25, 0.3) is 0 Å². The Labute approximate surface area is 75.6 Å². The number of nitrogens with zero attached hydrogens (tertiary/aromatic N) is 3. The molecule has 2 rings (SSSR count). The van der Waals surface area contributed by atoms with Gasteiger partial charge in [0.15, 0.2) is 0 Å². The second kappa shape index (κ2) is 2.97. The summed E-state index contributed by atoms with van der Waals surface area (Å²) in [5.74, 6) is 0.517. The normalized spacial score (nSPS) is 10.3. The van der Waals surface area contributed by atoms with Crippen molar-refractivity contribution in [2.45, 2.75) is 6.92 Å². The van der Waals surface area contributed by atoms with Gasteiger partial charge in [-0.1, -0.05) is 0 Å². The van der Waals surface area contributed by atoms with Crippen LogP contribution in [0.3, 0.4) is 0 Å². The number of hydrogen-bond acceptors (Lipinski definition) is 4. The van der Waals surface area contributed by atoms with E-state index in [9.17, 15) is 0 Å². The first-order chi connectivity index (χ1) is 6.31. The van der Waals surface area contributed by atoms with Crippen LogP contribution in [0.4, 0.5) is 0 Å². The standard InChI is InChI=1S/C9H9N3O/c1-6-9-7(3-4-10-6)11-5-8(12-9)13-2/h3-5H,1-2H3. The van der Waals surface area contributed by atoms with E-state index in [0.29, 0.717) is 5.88 Å². The Hall–Kier alpha value is -1.71. The fourth-order valence-electron chi connectivity index (χ4n) is 1.15. The smallest absolute Gasteiger partial charge is 0.232 e. The summed E-state index contributed by atoms with van der Waals surface area (Å²) in [7, 11) is 1.57. The maximum atomic E-state index is 4.98. The van der Waals surface area contributed by atoms with E-state index in [1.165, 1.54) is 0 Å². The number of hydrogen-bond donors (Lipinski definition) is 0. The molecule has 4 heteroatoms. The molecule has 4 nitrogen and oxygen atoms in total. The van der Waals surface area contributed by atoms with Crippen molar-refractivity contribution >= 4 is 11.0 Å². The van der Waals surface area contributed by atoms with Gasteiger partial charge in [0.1, 0.15) is 5.52 Å². The topological polar surface area (TPSA) is 47.9 Å². The molecule has 0 spiro atoms. The zero-order valence-corrected chi connectivity index (χ0v) is 7.48. The summed E-state index contributed by atoms with van der Waals surface area (Å²) in [6, 6.07) is 1.83. The molecule has 0 aliphatic carbocycles. The summed E-state index contributed by atoms with van der Waals surface area (Å²) in [5.41, 5.74) is 2.50. The lowest BCUT2D eigenvalue weighted by atomic mass is 10.3. The number of methoxy groups -OCH3 is 1. The summed E-state index contributed by atoms with van der Waals surface area (Å²) in [5, 5.41) is 0. The first-order valence-electron chi connectivity index (χ1n) is 3.93. The van der Waals surface area contributed by atoms with E-state index in [2.05, 4.69) is 15.0 Å². The van der Waals surface area contributed by atoms with Crippen LogP contribution in [-0.4, -0.2) is 22.1 Å². The Morgan fingerprint density at radius 2 is 2.15 bits per heavy atom. The maximum absolute atomic E-state index is 4.98. The molecule has 66 valence electrons. The predicted octanol–water partition coefficient (Wildman–Crippen LogP) is 1.34. The lowest BCUT2D eigenvalue weighted by molar-refractivity contribution is 0.397. The quantitative estimate of drug-likeness (QED) is 0.656. The molecule has 0 fully saturated rings. The van der Waals surface area contributed by atoms with E-state index in [1.807, 2.05) is 13.0 Å². The second-order valence-corrected chi connectivity index (χ2v) is 2.68. The monoisotopic (exact) mass is 175 g/mol. The van der Waals surface area contributed by atoms with Crippen LogP contribution in [0.15, 0.2) is 18.5 Å². The summed E-state index contributed by atoms with van der Waals surface area (Å²) in [6.07, 6.45) is 3.32. The second-order valence-electron chi connectivity index (χ2n) is 2.68. The van der Waals surface area contributed by atoms with Gasteiger partial charge in [0.2, 0.25) is 5.88 Å². The van der Waals surface area contributed by atoms with Crippen LogP contribution in [0.2, 0.25) is 0 Å². The van der Waals surface area contributed by atoms with Crippen LogP contribution in [0.25, 0.3) is 11.0 Å². The molecule has 0 radical (unpaired) electrons. The van der Waals surface area contributed by atoms with Gasteiger partial charge in [-0.15, -0.1) is 0 Å². The van der Waals surface area contributed by atoms with E-state index in [1.54, 1.807) is 19.5 Å². The number of fused-ring (bicyclic) bond motifs is 1. The molecule has 0 unspecified atom stereocenters. The third kappa shape index (κ3) is 1.30. The van der Waals surface area contributed by atoms with E-state index < -0.39 is 0 Å². The summed E-state index contributed by atoms with van der Waals surface area (Å²) < 4.78 is 4.98. The zero-order valence-electron chi connectivity index (χ0n) is 7.48. The van der Waals surface area contributed by atoms with Gasteiger partial charge < -0.3 is 4.74 Å². The Morgan fingerprint density at radius 3 is 2.92 bits per heavy atom. The molecular weight excluding hydrogens is 166 g/mol. The zero-order chi connectivity index (χ0) is 9.26. The molecule has 0 aliphatic rings. The van der Waals surface area contributed by atoms with Crippen molar-refractivity contribution in [3.8, 4) is 5.88 Å². The highest BCUT2D eigenvalue weighted by atomic mass is 16.5. The van der Waals surface area contributed by atoms with Crippen LogP contribution in [-0.2, 0) is 0 Å². The van der Waals surface area contributed by atoms with Gasteiger partial charge in [-0.3, -0.25) is 4.98 Å². The molecule has 0 N–H and O–H groups in total. The van der Waals surface area contributed by atoms with Crippen LogP contribution < -0.4 is 4.74 Å². The first-order valence-corrected chi connectivity index (χ1v) is 3.93. The third-order valence-corrected chi connectivity index (χ3v) is 1.83. The van der Waals surface area contributed by atoms with Gasteiger partial charge in [0.05, 0.1) is 24.5 Å². The van der Waals surface area contributed by atoms with E-state index in [4.69, 9.17) is 4.74 Å². The maximum Gasteiger partial charge on any atom is 0.232 e. The highest BCUT2D eigenvalue weighted by molar-refractivity contribution is 5.76. The molecule has 2 heterocycles. The molecule has 0 amide bonds. The van der Waals surface area contributed by atoms with Crippen LogP contribution in [0, 0.1) is 6.92 Å². The van der Waals surface area contributed by atoms with Crippen molar-refractivity contribution in [1.82, 2.24) is 15.0 Å². The van der Waals surface area contributed by atoms with Crippen LogP contribution in [0.5, 0.6) is 5.88 Å². The van der Waals surface area contributed by atoms with Gasteiger partial charge in [0, 0.05) is 6.20 Å². The predicted molar refractivity (Wildman–Crippen MR) is 48.6 cm³/mol. The Bertz CT molecular complexity index is 442. The molecular formula is C9H9N3O. The van der Waals surface area contributed by atoms with Crippen molar-refractivity contribution in [1.29, 1.82) is 0 Å². The molecule has 0 bridgehead atoms. The van der Waals surface area contributed by atoms with Crippen molar-refractivity contribution in [3.63, 3.8) is 0 Å². The largest absolute Gasteiger partial charge is 0.480 e. The summed E-state index contributed by atoms with van der Waals surface area (Å²) in [4.78, 5) is 12.6. The van der Waals surface area contributed by atoms with Crippen molar-refractivity contribution in [2.75, 3.05) is 7.11 Å². The van der Waals surface area contributed by atoms with Gasteiger partial charge in [-0.2, -0.15) is 0 Å². The van der Waals surface area contributed by atoms with Gasteiger partial charge >= 0.3 is 0 Å². The lowest BCUT2D eigenvalue weighted by Crippen LogP contribution is -1.93. The molecule has 13 heavy (non-hydrogen) atoms. The number of rotatable bonds is 1. The van der Waals surface area contributed by atoms with Crippen LogP contribution >= 0.6 is 0 Å². The Kier molecular flexibility index (Phi) is 1.81. The average molecular weight is 175 g/mol. The van der Waals surface area contributed by atoms with Gasteiger partial charge in [-0.05, 0) is 13.0 Å². The van der Waals surface area contributed by atoms with E-state index in [0.717, 1.165) is 16.7 Å². The minimum absolute atomic E-state index is 0.517. The van der Waals surface area contributed by atoms with Gasteiger partial charge in [-0.25, -0.2) is 9.97 Å². The fraction of sp³-hybridized carbons (Fsp3) is 0.222. The first kappa shape index (κ1) is 7.91. The number of pyridine rings is 1. The molecule has 0 saturated carbocycles. The fourth-order valence-corrected chi connectivity index (χ4v) is 1.15. The molecule has 2 aromatic heterocycles. The summed E-state index contributed by atoms with van der Waals surface area (Å²) in [6.45, 7) is 1.90. The minimum atomic E-state index is 0.517. The number of aromatic nitrogens is 3. The van der Waals surface area contributed by atoms with Crippen molar-refractivity contribution in [3.05, 3.63) is 24.2 Å². The highest BCUT2D eigenvalue weighted by Gasteiger charge is 2.01. The molecule has 0 aliphatic heterocycles. The van der Waals surface area contributed by atoms with Crippen molar-refractivity contribution < 1.29 is 4.74 Å². The van der Waals surface area contributed by atoms with Crippen molar-refractivity contribution in [2.24, 2.45) is 0 Å². The minimum Gasteiger partial charge on any atom is -0.480 e. The molecule has 0 saturated heterocycles. The number of aryl methyl sites for hydroxylation is 1. The number of ether oxygens (including phenoxy) is 1. The molecule has 2 aromatic rings. The molecule has 0 aromatic carbocycles. The van der Waals surface area contributed by atoms with E-state index in [-0.39, 0.29) is 0 Å². The highest BCUT2D eigenvalue weighted by Crippen LogP contribution is 2.14. The van der Waals surface area contributed by atoms with Crippen LogP contribution in [0.1, 0.15) is 5.69 Å².